The predicted octanol–water partition coefficient (Wildman–Crippen LogP) is 0.496. The summed E-state index contributed by atoms with van der Waals surface area (Å²) in [6, 6.07) is 0.420. The van der Waals surface area contributed by atoms with Gasteiger partial charge in [-0.25, -0.2) is 0 Å². The van der Waals surface area contributed by atoms with Crippen LogP contribution in [0, 0.1) is 5.92 Å². The summed E-state index contributed by atoms with van der Waals surface area (Å²) in [6.45, 7) is 6.77. The van der Waals surface area contributed by atoms with E-state index in [1.165, 1.54) is 0 Å². The molecule has 0 aromatic rings. The molecule has 0 saturated heterocycles. The maximum Gasteiger partial charge on any atom is 0.221 e. The van der Waals surface area contributed by atoms with Crippen LogP contribution in [0.15, 0.2) is 0 Å². The van der Waals surface area contributed by atoms with Crippen molar-refractivity contribution in [1.82, 2.24) is 5.32 Å². The molecule has 0 aromatic heterocycles. The van der Waals surface area contributed by atoms with Crippen LogP contribution in [0.25, 0.3) is 0 Å². The molecule has 0 aliphatic rings. The van der Waals surface area contributed by atoms with Crippen molar-refractivity contribution in [3.8, 4) is 0 Å². The lowest BCUT2D eigenvalue weighted by Gasteiger charge is -2.13. The van der Waals surface area contributed by atoms with Gasteiger partial charge in [-0.3, -0.25) is 4.79 Å². The summed E-state index contributed by atoms with van der Waals surface area (Å²) in [5, 5.41) is 3.18. The van der Waals surface area contributed by atoms with Crippen LogP contribution in [0.2, 0.25) is 0 Å². The molecule has 66 valence electrons. The highest BCUT2D eigenvalue weighted by Gasteiger charge is 2.11. The van der Waals surface area contributed by atoms with Crippen molar-refractivity contribution in [3.63, 3.8) is 0 Å². The fraction of sp³-hybridized carbons (Fsp3) is 0.875. The average molecular weight is 158 g/mol. The second-order valence-electron chi connectivity index (χ2n) is 3.07. The van der Waals surface area contributed by atoms with Crippen LogP contribution in [0.4, 0.5) is 0 Å². The summed E-state index contributed by atoms with van der Waals surface area (Å²) in [4.78, 5) is 10.7. The van der Waals surface area contributed by atoms with Crippen LogP contribution in [0.1, 0.15) is 27.2 Å². The van der Waals surface area contributed by atoms with Gasteiger partial charge in [0.25, 0.3) is 0 Å². The third-order valence-corrected chi connectivity index (χ3v) is 1.67. The van der Waals surface area contributed by atoms with Crippen LogP contribution in [0.3, 0.4) is 0 Å². The van der Waals surface area contributed by atoms with Crippen LogP contribution in [-0.2, 0) is 4.79 Å². The molecule has 0 heterocycles. The third-order valence-electron chi connectivity index (χ3n) is 1.67. The molecule has 3 nitrogen and oxygen atoms in total. The van der Waals surface area contributed by atoms with Gasteiger partial charge in [-0.1, -0.05) is 20.8 Å². The molecule has 0 fully saturated rings. The van der Waals surface area contributed by atoms with Crippen molar-refractivity contribution in [2.45, 2.75) is 33.2 Å². The maximum atomic E-state index is 10.7. The minimum absolute atomic E-state index is 0.0163. The Morgan fingerprint density at radius 2 is 2.09 bits per heavy atom. The molecule has 1 unspecified atom stereocenters. The molecule has 0 aliphatic carbocycles. The molecule has 3 N–H and O–H groups in total. The van der Waals surface area contributed by atoms with E-state index in [0.29, 0.717) is 12.6 Å². The van der Waals surface area contributed by atoms with Gasteiger partial charge in [0.1, 0.15) is 0 Å². The van der Waals surface area contributed by atoms with Crippen molar-refractivity contribution >= 4 is 5.91 Å². The molecule has 0 radical (unpaired) electrons. The van der Waals surface area contributed by atoms with Crippen molar-refractivity contribution in [3.05, 3.63) is 0 Å². The molecule has 0 aromatic carbocycles. The first-order valence-corrected chi connectivity index (χ1v) is 4.10. The summed E-state index contributed by atoms with van der Waals surface area (Å²) in [5.41, 5.74) is 5.15. The largest absolute Gasteiger partial charge is 0.369 e. The Kier molecular flexibility index (Phi) is 4.86. The van der Waals surface area contributed by atoms with Crippen LogP contribution in [0.5, 0.6) is 0 Å². The Balaban J connectivity index is 3.61. The molecule has 0 aliphatic heterocycles. The fourth-order valence-corrected chi connectivity index (χ4v) is 0.824. The van der Waals surface area contributed by atoms with Gasteiger partial charge >= 0.3 is 0 Å². The minimum Gasteiger partial charge on any atom is -0.369 e. The molecular weight excluding hydrogens is 140 g/mol. The molecule has 0 spiro atoms. The zero-order chi connectivity index (χ0) is 8.85. The first-order valence-electron chi connectivity index (χ1n) is 4.10. The van der Waals surface area contributed by atoms with Gasteiger partial charge in [-0.2, -0.15) is 0 Å². The Morgan fingerprint density at radius 1 is 1.55 bits per heavy atom. The summed E-state index contributed by atoms with van der Waals surface area (Å²) in [5.74, 6) is -0.224. The van der Waals surface area contributed by atoms with Gasteiger partial charge in [0, 0.05) is 18.5 Å². The van der Waals surface area contributed by atoms with E-state index in [2.05, 4.69) is 5.32 Å². The lowest BCUT2D eigenvalue weighted by molar-refractivity contribution is -0.121. The van der Waals surface area contributed by atoms with Crippen LogP contribution < -0.4 is 11.1 Å². The highest BCUT2D eigenvalue weighted by Crippen LogP contribution is 1.99. The summed E-state index contributed by atoms with van der Waals surface area (Å²) >= 11 is 0. The lowest BCUT2D eigenvalue weighted by Crippen LogP contribution is -2.35. The zero-order valence-corrected chi connectivity index (χ0v) is 7.55. The van der Waals surface area contributed by atoms with Crippen molar-refractivity contribution in [2.75, 3.05) is 6.54 Å². The molecule has 1 amide bonds. The van der Waals surface area contributed by atoms with Crippen molar-refractivity contribution in [2.24, 2.45) is 11.7 Å². The second-order valence-corrected chi connectivity index (χ2v) is 3.07. The Hall–Kier alpha value is -0.570. The number of carbonyl (C=O) groups excluding carboxylic acids is 1. The molecule has 0 bridgehead atoms. The fourth-order valence-electron chi connectivity index (χ4n) is 0.824. The van der Waals surface area contributed by atoms with Crippen molar-refractivity contribution < 1.29 is 4.79 Å². The number of hydrogen-bond acceptors (Lipinski definition) is 2. The van der Waals surface area contributed by atoms with E-state index in [0.717, 1.165) is 6.42 Å². The van der Waals surface area contributed by atoms with Gasteiger partial charge in [-0.05, 0) is 6.42 Å². The Labute approximate surface area is 68.3 Å². The smallest absolute Gasteiger partial charge is 0.221 e. The van der Waals surface area contributed by atoms with E-state index < -0.39 is 0 Å². The SMILES string of the molecule is CCC(CNC(C)C)C(N)=O. The third kappa shape index (κ3) is 4.79. The first kappa shape index (κ1) is 10.4. The summed E-state index contributed by atoms with van der Waals surface area (Å²) < 4.78 is 0. The van der Waals surface area contributed by atoms with Crippen LogP contribution >= 0.6 is 0 Å². The van der Waals surface area contributed by atoms with Crippen LogP contribution in [-0.4, -0.2) is 18.5 Å². The average Bonchev–Trinajstić information content (AvgIpc) is 1.87. The molecule has 3 heteroatoms. The Morgan fingerprint density at radius 3 is 2.36 bits per heavy atom. The number of rotatable bonds is 5. The topological polar surface area (TPSA) is 55.1 Å². The van der Waals surface area contributed by atoms with E-state index in [-0.39, 0.29) is 11.8 Å². The predicted molar refractivity (Wildman–Crippen MR) is 46.1 cm³/mol. The number of nitrogens with one attached hydrogen (secondary N) is 1. The van der Waals surface area contributed by atoms with Gasteiger partial charge in [0.05, 0.1) is 0 Å². The second kappa shape index (κ2) is 5.13. The minimum atomic E-state index is -0.208. The van der Waals surface area contributed by atoms with E-state index in [9.17, 15) is 4.79 Å². The first-order chi connectivity index (χ1) is 5.07. The van der Waals surface area contributed by atoms with Gasteiger partial charge in [0.2, 0.25) is 5.91 Å². The molecular formula is C8H18N2O. The number of carbonyl (C=O) groups is 1. The van der Waals surface area contributed by atoms with E-state index in [1.54, 1.807) is 0 Å². The lowest BCUT2D eigenvalue weighted by atomic mass is 10.1. The normalized spacial score (nSPS) is 13.5. The summed E-state index contributed by atoms with van der Waals surface area (Å²) in [6.07, 6.45) is 0.815. The monoisotopic (exact) mass is 158 g/mol. The Bertz CT molecular complexity index is 123. The number of nitrogens with two attached hydrogens (primary N) is 1. The quantitative estimate of drug-likeness (QED) is 0.612. The highest BCUT2D eigenvalue weighted by molar-refractivity contribution is 5.76. The van der Waals surface area contributed by atoms with Gasteiger partial charge in [0.15, 0.2) is 0 Å². The molecule has 11 heavy (non-hydrogen) atoms. The van der Waals surface area contributed by atoms with Crippen molar-refractivity contribution in [1.29, 1.82) is 0 Å². The number of primary amides is 1. The standard InChI is InChI=1S/C8H18N2O/c1-4-7(8(9)11)5-10-6(2)3/h6-7,10H,4-5H2,1-3H3,(H2,9,11). The summed E-state index contributed by atoms with van der Waals surface area (Å²) in [7, 11) is 0. The molecule has 1 atom stereocenters. The number of hydrogen-bond donors (Lipinski definition) is 2. The van der Waals surface area contributed by atoms with Gasteiger partial charge < -0.3 is 11.1 Å². The maximum absolute atomic E-state index is 10.7. The number of amides is 1. The van der Waals surface area contributed by atoms with Gasteiger partial charge in [-0.15, -0.1) is 0 Å². The highest BCUT2D eigenvalue weighted by atomic mass is 16.1. The zero-order valence-electron chi connectivity index (χ0n) is 7.55. The van der Waals surface area contributed by atoms with E-state index in [4.69, 9.17) is 5.73 Å². The van der Waals surface area contributed by atoms with E-state index >= 15 is 0 Å². The van der Waals surface area contributed by atoms with E-state index in [1.807, 2.05) is 20.8 Å². The molecule has 0 saturated carbocycles. The molecule has 0 rings (SSSR count).